The van der Waals surface area contributed by atoms with Crippen molar-refractivity contribution >= 4 is 34.3 Å². The molecule has 110 valence electrons. The van der Waals surface area contributed by atoms with Gasteiger partial charge in [0.05, 0.1) is 5.02 Å². The molecule has 0 bridgehead atoms. The van der Waals surface area contributed by atoms with Gasteiger partial charge in [-0.3, -0.25) is 0 Å². The molecule has 1 heterocycles. The average Bonchev–Trinajstić information content (AvgIpc) is 2.97. The lowest BCUT2D eigenvalue weighted by molar-refractivity contribution is 0.410. The van der Waals surface area contributed by atoms with E-state index >= 15 is 0 Å². The van der Waals surface area contributed by atoms with Gasteiger partial charge in [-0.15, -0.1) is 0 Å². The fourth-order valence-corrected chi connectivity index (χ4v) is 2.32. The number of hydrogen-bond acceptors (Lipinski definition) is 4. The second kappa shape index (κ2) is 6.22. The van der Waals surface area contributed by atoms with Gasteiger partial charge in [-0.25, -0.2) is 0 Å². The predicted octanol–water partition coefficient (Wildman–Crippen LogP) is 4.83. The van der Waals surface area contributed by atoms with Crippen LogP contribution in [0.15, 0.2) is 53.1 Å². The summed E-state index contributed by atoms with van der Waals surface area (Å²) in [5.74, 6) is 0.698. The maximum Gasteiger partial charge on any atom is 0.269 e. The summed E-state index contributed by atoms with van der Waals surface area (Å²) in [6, 6.07) is 13.9. The van der Waals surface area contributed by atoms with Crippen molar-refractivity contribution in [1.82, 2.24) is 10.1 Å². The molecule has 0 unspecified atom stereocenters. The molecule has 1 aromatic heterocycles. The standard InChI is InChI=1S/C16H10Cl2N2O2/c17-13-7-2-1-6-12(13)15-19-16(22-20-15)14(18)9-10-4-3-5-11(21)8-10/h1-9,21H/b14-9-. The number of phenolic OH excluding ortho intramolecular Hbond substituents is 1. The summed E-state index contributed by atoms with van der Waals surface area (Å²) in [5.41, 5.74) is 1.39. The first-order valence-electron chi connectivity index (χ1n) is 6.39. The van der Waals surface area contributed by atoms with Gasteiger partial charge in [0.1, 0.15) is 10.8 Å². The number of phenols is 1. The molecule has 1 N–H and O–H groups in total. The Kier molecular flexibility index (Phi) is 4.13. The number of halogens is 2. The Morgan fingerprint density at radius 3 is 2.73 bits per heavy atom. The number of hydrogen-bond donors (Lipinski definition) is 1. The Bertz CT molecular complexity index is 843. The van der Waals surface area contributed by atoms with E-state index in [0.29, 0.717) is 16.4 Å². The highest BCUT2D eigenvalue weighted by Crippen LogP contribution is 2.28. The van der Waals surface area contributed by atoms with Crippen LogP contribution in [0.5, 0.6) is 5.75 Å². The van der Waals surface area contributed by atoms with Crippen molar-refractivity contribution in [3.63, 3.8) is 0 Å². The molecule has 0 saturated carbocycles. The van der Waals surface area contributed by atoms with E-state index < -0.39 is 0 Å². The average molecular weight is 333 g/mol. The summed E-state index contributed by atoms with van der Waals surface area (Å²) in [4.78, 5) is 4.23. The van der Waals surface area contributed by atoms with Crippen LogP contribution in [0.3, 0.4) is 0 Å². The molecule has 3 rings (SSSR count). The van der Waals surface area contributed by atoms with Gasteiger partial charge in [0.15, 0.2) is 0 Å². The Balaban J connectivity index is 1.92. The second-order valence-electron chi connectivity index (χ2n) is 4.49. The number of benzene rings is 2. The monoisotopic (exact) mass is 332 g/mol. The van der Waals surface area contributed by atoms with Gasteiger partial charge in [0, 0.05) is 5.56 Å². The third-order valence-electron chi connectivity index (χ3n) is 2.91. The fourth-order valence-electron chi connectivity index (χ4n) is 1.90. The molecule has 22 heavy (non-hydrogen) atoms. The van der Waals surface area contributed by atoms with Gasteiger partial charge in [-0.1, -0.05) is 52.6 Å². The summed E-state index contributed by atoms with van der Waals surface area (Å²) in [5, 5.41) is 14.1. The summed E-state index contributed by atoms with van der Waals surface area (Å²) in [6.07, 6.45) is 1.63. The summed E-state index contributed by atoms with van der Waals surface area (Å²) in [7, 11) is 0. The molecule has 0 aliphatic rings. The van der Waals surface area contributed by atoms with E-state index in [4.69, 9.17) is 27.7 Å². The van der Waals surface area contributed by atoms with Gasteiger partial charge in [0.25, 0.3) is 5.89 Å². The lowest BCUT2D eigenvalue weighted by atomic mass is 10.2. The molecule has 0 aliphatic carbocycles. The molecule has 4 nitrogen and oxygen atoms in total. The van der Waals surface area contributed by atoms with Crippen LogP contribution in [0.2, 0.25) is 5.02 Å². The van der Waals surface area contributed by atoms with Crippen molar-refractivity contribution in [2.75, 3.05) is 0 Å². The molecule has 3 aromatic rings. The third kappa shape index (κ3) is 3.13. The molecule has 0 aliphatic heterocycles. The largest absolute Gasteiger partial charge is 0.508 e. The molecular formula is C16H10Cl2N2O2. The van der Waals surface area contributed by atoms with Gasteiger partial charge in [0.2, 0.25) is 5.82 Å². The molecule has 0 atom stereocenters. The van der Waals surface area contributed by atoms with Crippen molar-refractivity contribution < 1.29 is 9.63 Å². The van der Waals surface area contributed by atoms with Crippen LogP contribution in [0.4, 0.5) is 0 Å². The van der Waals surface area contributed by atoms with E-state index in [2.05, 4.69) is 10.1 Å². The van der Waals surface area contributed by atoms with E-state index in [1.54, 1.807) is 42.5 Å². The Labute approximate surface area is 136 Å². The molecule has 0 fully saturated rings. The molecule has 2 aromatic carbocycles. The first kappa shape index (κ1) is 14.6. The van der Waals surface area contributed by atoms with Gasteiger partial charge >= 0.3 is 0 Å². The van der Waals surface area contributed by atoms with E-state index in [1.807, 2.05) is 12.1 Å². The highest BCUT2D eigenvalue weighted by atomic mass is 35.5. The normalized spacial score (nSPS) is 11.6. The van der Waals surface area contributed by atoms with Crippen LogP contribution in [-0.4, -0.2) is 15.2 Å². The van der Waals surface area contributed by atoms with Crippen LogP contribution < -0.4 is 0 Å². The van der Waals surface area contributed by atoms with Gasteiger partial charge < -0.3 is 9.63 Å². The third-order valence-corrected chi connectivity index (χ3v) is 3.51. The molecule has 0 saturated heterocycles. The Morgan fingerprint density at radius 1 is 1.14 bits per heavy atom. The summed E-state index contributed by atoms with van der Waals surface area (Å²) < 4.78 is 5.16. The van der Waals surface area contributed by atoms with Gasteiger partial charge in [-0.05, 0) is 35.9 Å². The number of aromatic nitrogens is 2. The van der Waals surface area contributed by atoms with Crippen molar-refractivity contribution in [1.29, 1.82) is 0 Å². The van der Waals surface area contributed by atoms with Gasteiger partial charge in [-0.2, -0.15) is 4.98 Å². The van der Waals surface area contributed by atoms with Crippen molar-refractivity contribution in [3.05, 3.63) is 65.0 Å². The fraction of sp³-hybridized carbons (Fsp3) is 0. The molecule has 0 radical (unpaired) electrons. The van der Waals surface area contributed by atoms with Crippen molar-refractivity contribution in [2.45, 2.75) is 0 Å². The first-order valence-corrected chi connectivity index (χ1v) is 7.14. The molecule has 0 spiro atoms. The van der Waals surface area contributed by atoms with E-state index in [9.17, 15) is 5.11 Å². The maximum atomic E-state index is 9.44. The van der Waals surface area contributed by atoms with Crippen molar-refractivity contribution in [3.8, 4) is 17.1 Å². The van der Waals surface area contributed by atoms with Crippen LogP contribution in [-0.2, 0) is 0 Å². The minimum Gasteiger partial charge on any atom is -0.508 e. The maximum absolute atomic E-state index is 9.44. The molecule has 0 amide bonds. The zero-order valence-electron chi connectivity index (χ0n) is 11.2. The van der Waals surface area contributed by atoms with Crippen LogP contribution in [0.1, 0.15) is 11.5 Å². The quantitative estimate of drug-likeness (QED) is 0.746. The van der Waals surface area contributed by atoms with Crippen LogP contribution >= 0.6 is 23.2 Å². The minimum absolute atomic E-state index is 0.153. The lowest BCUT2D eigenvalue weighted by Crippen LogP contribution is -1.83. The molecule has 6 heteroatoms. The van der Waals surface area contributed by atoms with Crippen LogP contribution in [0.25, 0.3) is 22.5 Å². The minimum atomic E-state index is 0.153. The number of aromatic hydroxyl groups is 1. The number of rotatable bonds is 3. The van der Waals surface area contributed by atoms with E-state index in [-0.39, 0.29) is 16.7 Å². The Hall–Kier alpha value is -2.30. The number of nitrogens with zero attached hydrogens (tertiary/aromatic N) is 2. The van der Waals surface area contributed by atoms with Crippen LogP contribution in [0, 0.1) is 0 Å². The van der Waals surface area contributed by atoms with E-state index in [1.165, 1.54) is 0 Å². The SMILES string of the molecule is Oc1cccc(/C=C(\Cl)c2nc(-c3ccccc3Cl)no2)c1. The first-order chi connectivity index (χ1) is 10.6. The highest BCUT2D eigenvalue weighted by molar-refractivity contribution is 6.50. The second-order valence-corrected chi connectivity index (χ2v) is 5.30. The zero-order valence-corrected chi connectivity index (χ0v) is 12.7. The van der Waals surface area contributed by atoms with Crippen molar-refractivity contribution in [2.24, 2.45) is 0 Å². The Morgan fingerprint density at radius 2 is 1.95 bits per heavy atom. The van der Waals surface area contributed by atoms with E-state index in [0.717, 1.165) is 5.56 Å². The lowest BCUT2D eigenvalue weighted by Gasteiger charge is -1.96. The highest BCUT2D eigenvalue weighted by Gasteiger charge is 2.13. The smallest absolute Gasteiger partial charge is 0.269 e. The summed E-state index contributed by atoms with van der Waals surface area (Å²) >= 11 is 12.3. The molecular weight excluding hydrogens is 323 g/mol. The summed E-state index contributed by atoms with van der Waals surface area (Å²) in [6.45, 7) is 0. The predicted molar refractivity (Wildman–Crippen MR) is 86.6 cm³/mol. The topological polar surface area (TPSA) is 59.2 Å². The zero-order chi connectivity index (χ0) is 15.5.